The van der Waals surface area contributed by atoms with Gasteiger partial charge < -0.3 is 14.5 Å². The molecule has 7 nitrogen and oxygen atoms in total. The third kappa shape index (κ3) is 8.42. The maximum absolute atomic E-state index is 13.0. The highest BCUT2D eigenvalue weighted by Crippen LogP contribution is 2.32. The first-order valence-electron chi connectivity index (χ1n) is 16.2. The van der Waals surface area contributed by atoms with Gasteiger partial charge in [0.15, 0.2) is 0 Å². The number of hydrogen-bond acceptors (Lipinski definition) is 5. The molecule has 2 aliphatic rings. The molecule has 244 valence electrons. The van der Waals surface area contributed by atoms with Crippen LogP contribution in [0.15, 0.2) is 109 Å². The molecule has 0 bridgehead atoms. The van der Waals surface area contributed by atoms with E-state index in [0.29, 0.717) is 36.2 Å². The zero-order valence-corrected chi connectivity index (χ0v) is 27.9. The SMILES string of the molecule is O=C(COCC(=O)N1CCN(C(c2ccccc2)c2ccc(Cl)cc2)CC1)N1CCN(C(c2ccccc2)c2ccc(Cl)cc2)CC1. The van der Waals surface area contributed by atoms with Crippen molar-refractivity contribution in [3.63, 3.8) is 0 Å². The second-order valence-corrected chi connectivity index (χ2v) is 12.9. The first kappa shape index (κ1) is 33.2. The number of carbonyl (C=O) groups is 2. The molecule has 2 unspecified atom stereocenters. The summed E-state index contributed by atoms with van der Waals surface area (Å²) in [6.07, 6.45) is 0. The van der Waals surface area contributed by atoms with Crippen molar-refractivity contribution in [2.75, 3.05) is 65.6 Å². The standard InChI is InChI=1S/C38H40Cl2N4O3/c39-33-15-11-31(12-16-33)37(29-7-3-1-4-8-29)43-23-19-41(20-24-43)35(45)27-47-28-36(46)42-21-25-44(26-22-42)38(30-9-5-2-6-10-30)32-13-17-34(40)18-14-32/h1-18,37-38H,19-28H2. The van der Waals surface area contributed by atoms with Crippen molar-refractivity contribution in [2.24, 2.45) is 0 Å². The molecule has 4 aromatic rings. The van der Waals surface area contributed by atoms with Crippen LogP contribution in [0.25, 0.3) is 0 Å². The van der Waals surface area contributed by atoms with Crippen LogP contribution in [0.2, 0.25) is 10.0 Å². The quantitative estimate of drug-likeness (QED) is 0.202. The number of rotatable bonds is 10. The Hall–Kier alpha value is -3.72. The lowest BCUT2D eigenvalue weighted by Crippen LogP contribution is -2.51. The van der Waals surface area contributed by atoms with E-state index in [1.165, 1.54) is 22.3 Å². The molecule has 2 aliphatic heterocycles. The van der Waals surface area contributed by atoms with E-state index in [2.05, 4.69) is 82.6 Å². The van der Waals surface area contributed by atoms with Crippen molar-refractivity contribution in [1.29, 1.82) is 0 Å². The van der Waals surface area contributed by atoms with Gasteiger partial charge in [-0.3, -0.25) is 19.4 Å². The minimum absolute atomic E-state index is 0.0780. The van der Waals surface area contributed by atoms with E-state index in [4.69, 9.17) is 27.9 Å². The van der Waals surface area contributed by atoms with Crippen molar-refractivity contribution >= 4 is 35.0 Å². The van der Waals surface area contributed by atoms with Crippen molar-refractivity contribution in [3.8, 4) is 0 Å². The molecule has 47 heavy (non-hydrogen) atoms. The minimum Gasteiger partial charge on any atom is -0.362 e. The monoisotopic (exact) mass is 670 g/mol. The highest BCUT2D eigenvalue weighted by Gasteiger charge is 2.30. The van der Waals surface area contributed by atoms with E-state index in [0.717, 1.165) is 26.2 Å². The fourth-order valence-electron chi connectivity index (χ4n) is 6.66. The Bertz CT molecular complexity index is 1470. The third-order valence-electron chi connectivity index (χ3n) is 9.12. The zero-order valence-electron chi connectivity index (χ0n) is 26.4. The van der Waals surface area contributed by atoms with E-state index >= 15 is 0 Å². The molecule has 0 aromatic heterocycles. The first-order valence-corrected chi connectivity index (χ1v) is 16.9. The Labute approximate surface area is 287 Å². The van der Waals surface area contributed by atoms with Crippen LogP contribution in [0.3, 0.4) is 0 Å². The number of halogens is 2. The van der Waals surface area contributed by atoms with Crippen molar-refractivity contribution in [1.82, 2.24) is 19.6 Å². The van der Waals surface area contributed by atoms with Gasteiger partial charge in [-0.2, -0.15) is 0 Å². The molecule has 0 N–H and O–H groups in total. The number of piperazine rings is 2. The Morgan fingerprint density at radius 3 is 1.15 bits per heavy atom. The van der Waals surface area contributed by atoms with Crippen LogP contribution in [0, 0.1) is 0 Å². The minimum atomic E-state index is -0.0996. The molecule has 4 aromatic carbocycles. The zero-order chi connectivity index (χ0) is 32.6. The highest BCUT2D eigenvalue weighted by molar-refractivity contribution is 6.30. The molecule has 2 amide bonds. The van der Waals surface area contributed by atoms with Crippen LogP contribution in [-0.2, 0) is 14.3 Å². The Morgan fingerprint density at radius 2 is 0.809 bits per heavy atom. The molecule has 2 saturated heterocycles. The average molecular weight is 672 g/mol. The van der Waals surface area contributed by atoms with Crippen LogP contribution < -0.4 is 0 Å². The van der Waals surface area contributed by atoms with Gasteiger partial charge >= 0.3 is 0 Å². The predicted octanol–water partition coefficient (Wildman–Crippen LogP) is 6.18. The summed E-state index contributed by atoms with van der Waals surface area (Å²) in [6.45, 7) is 5.14. The lowest BCUT2D eigenvalue weighted by atomic mass is 9.96. The Morgan fingerprint density at radius 1 is 0.489 bits per heavy atom. The van der Waals surface area contributed by atoms with Gasteiger partial charge in [0.05, 0.1) is 12.1 Å². The summed E-state index contributed by atoms with van der Waals surface area (Å²) in [5.74, 6) is -0.169. The van der Waals surface area contributed by atoms with Crippen LogP contribution in [0.4, 0.5) is 0 Å². The van der Waals surface area contributed by atoms with Gasteiger partial charge in [-0.1, -0.05) is 108 Å². The van der Waals surface area contributed by atoms with E-state index in [1.54, 1.807) is 0 Å². The molecular formula is C38H40Cl2N4O3. The number of nitrogens with zero attached hydrogens (tertiary/aromatic N) is 4. The molecule has 0 aliphatic carbocycles. The lowest BCUT2D eigenvalue weighted by Gasteiger charge is -2.40. The van der Waals surface area contributed by atoms with Crippen molar-refractivity contribution < 1.29 is 14.3 Å². The number of carbonyl (C=O) groups excluding carboxylic acids is 2. The summed E-state index contributed by atoms with van der Waals surface area (Å²) in [6, 6.07) is 37.0. The maximum Gasteiger partial charge on any atom is 0.248 e. The smallest absolute Gasteiger partial charge is 0.248 e. The number of ether oxygens (including phenoxy) is 1. The van der Waals surface area contributed by atoms with E-state index in [-0.39, 0.29) is 37.1 Å². The van der Waals surface area contributed by atoms with Gasteiger partial charge in [0, 0.05) is 62.4 Å². The molecule has 6 rings (SSSR count). The summed E-state index contributed by atoms with van der Waals surface area (Å²) in [4.78, 5) is 34.6. The highest BCUT2D eigenvalue weighted by atomic mass is 35.5. The van der Waals surface area contributed by atoms with Gasteiger partial charge in [0.2, 0.25) is 11.8 Å². The molecule has 0 radical (unpaired) electrons. The normalized spacial score (nSPS) is 17.3. The lowest BCUT2D eigenvalue weighted by molar-refractivity contribution is -0.144. The average Bonchev–Trinajstić information content (AvgIpc) is 3.11. The van der Waals surface area contributed by atoms with Crippen LogP contribution >= 0.6 is 23.2 Å². The summed E-state index contributed by atoms with van der Waals surface area (Å²) in [5, 5.41) is 1.42. The molecule has 2 heterocycles. The van der Waals surface area contributed by atoms with Gasteiger partial charge in [-0.05, 0) is 46.5 Å². The maximum atomic E-state index is 13.0. The summed E-state index contributed by atoms with van der Waals surface area (Å²) >= 11 is 12.3. The number of amides is 2. The van der Waals surface area contributed by atoms with Gasteiger partial charge in [0.1, 0.15) is 13.2 Å². The molecule has 2 atom stereocenters. The summed E-state index contributed by atoms with van der Waals surface area (Å²) in [7, 11) is 0. The third-order valence-corrected chi connectivity index (χ3v) is 9.62. The van der Waals surface area contributed by atoms with Gasteiger partial charge in [-0.25, -0.2) is 0 Å². The molecule has 0 spiro atoms. The first-order chi connectivity index (χ1) is 23.0. The van der Waals surface area contributed by atoms with Gasteiger partial charge in [-0.15, -0.1) is 0 Å². The molecule has 0 saturated carbocycles. The summed E-state index contributed by atoms with van der Waals surface area (Å²) in [5.41, 5.74) is 4.75. The Balaban J connectivity index is 0.971. The van der Waals surface area contributed by atoms with Crippen LogP contribution in [-0.4, -0.2) is 97.0 Å². The predicted molar refractivity (Wildman–Crippen MR) is 187 cm³/mol. The van der Waals surface area contributed by atoms with E-state index in [9.17, 15) is 9.59 Å². The second-order valence-electron chi connectivity index (χ2n) is 12.1. The van der Waals surface area contributed by atoms with Crippen molar-refractivity contribution in [2.45, 2.75) is 12.1 Å². The van der Waals surface area contributed by atoms with E-state index in [1.807, 2.05) is 46.2 Å². The van der Waals surface area contributed by atoms with E-state index < -0.39 is 0 Å². The Kier molecular flexibility index (Phi) is 11.2. The largest absolute Gasteiger partial charge is 0.362 e. The van der Waals surface area contributed by atoms with Crippen LogP contribution in [0.5, 0.6) is 0 Å². The fraction of sp³-hybridized carbons (Fsp3) is 0.316. The molecule has 9 heteroatoms. The number of benzene rings is 4. The molecule has 2 fully saturated rings. The topological polar surface area (TPSA) is 56.3 Å². The number of hydrogen-bond donors (Lipinski definition) is 0. The summed E-state index contributed by atoms with van der Waals surface area (Å²) < 4.78 is 5.68. The second kappa shape index (κ2) is 15.9. The molecular weight excluding hydrogens is 631 g/mol. The van der Waals surface area contributed by atoms with Gasteiger partial charge in [0.25, 0.3) is 0 Å². The van der Waals surface area contributed by atoms with Crippen molar-refractivity contribution in [3.05, 3.63) is 141 Å². The fourth-order valence-corrected chi connectivity index (χ4v) is 6.91. The van der Waals surface area contributed by atoms with Crippen LogP contribution in [0.1, 0.15) is 34.3 Å².